The van der Waals surface area contributed by atoms with E-state index in [9.17, 15) is 0 Å². The first-order valence-electron chi connectivity index (χ1n) is 4.39. The van der Waals surface area contributed by atoms with Crippen LogP contribution in [0.5, 0.6) is 5.75 Å². The van der Waals surface area contributed by atoms with Crippen molar-refractivity contribution in [2.75, 3.05) is 7.11 Å². The number of halogens is 1. The van der Waals surface area contributed by atoms with E-state index < -0.39 is 0 Å². The summed E-state index contributed by atoms with van der Waals surface area (Å²) < 4.78 is 10.7. The molecule has 0 unspecified atom stereocenters. The van der Waals surface area contributed by atoms with E-state index in [1.54, 1.807) is 7.11 Å². The lowest BCUT2D eigenvalue weighted by atomic mass is 10.2. The number of furan rings is 1. The van der Waals surface area contributed by atoms with Gasteiger partial charge in [-0.2, -0.15) is 5.10 Å². The first-order valence-corrected chi connectivity index (χ1v) is 4.77. The molecule has 0 aliphatic carbocycles. The van der Waals surface area contributed by atoms with Crippen LogP contribution in [0, 0.1) is 0 Å². The molecule has 4 nitrogen and oxygen atoms in total. The molecule has 0 aliphatic heterocycles. The third-order valence-electron chi connectivity index (χ3n) is 2.33. The Bertz CT molecular complexity index is 641. The number of benzene rings is 1. The van der Waals surface area contributed by atoms with Crippen LogP contribution in [-0.2, 0) is 0 Å². The van der Waals surface area contributed by atoms with E-state index in [0.29, 0.717) is 10.7 Å². The molecule has 3 rings (SSSR count). The molecule has 0 fully saturated rings. The summed E-state index contributed by atoms with van der Waals surface area (Å²) in [7, 11) is 1.62. The summed E-state index contributed by atoms with van der Waals surface area (Å²) in [6.45, 7) is 0. The van der Waals surface area contributed by atoms with Crippen LogP contribution < -0.4 is 4.74 Å². The van der Waals surface area contributed by atoms with E-state index in [1.807, 2.05) is 18.2 Å². The van der Waals surface area contributed by atoms with Gasteiger partial charge in [0.15, 0.2) is 10.7 Å². The van der Waals surface area contributed by atoms with Gasteiger partial charge in [0.1, 0.15) is 16.8 Å². The predicted molar refractivity (Wildman–Crippen MR) is 57.4 cm³/mol. The molecule has 1 aromatic carbocycles. The van der Waals surface area contributed by atoms with Crippen LogP contribution in [0.2, 0.25) is 5.15 Å². The lowest BCUT2D eigenvalue weighted by Gasteiger charge is -1.96. The van der Waals surface area contributed by atoms with Crippen molar-refractivity contribution in [3.8, 4) is 5.75 Å². The number of fused-ring (bicyclic) bond motifs is 3. The molecule has 0 spiro atoms. The Morgan fingerprint density at radius 3 is 3.13 bits per heavy atom. The van der Waals surface area contributed by atoms with Gasteiger partial charge in [-0.25, -0.2) is 0 Å². The number of nitrogens with one attached hydrogen (secondary N) is 1. The van der Waals surface area contributed by atoms with Crippen molar-refractivity contribution >= 4 is 33.7 Å². The largest absolute Gasteiger partial charge is 0.497 e. The fourth-order valence-electron chi connectivity index (χ4n) is 1.61. The number of ether oxygens (including phenoxy) is 1. The van der Waals surface area contributed by atoms with Gasteiger partial charge in [0.2, 0.25) is 0 Å². The maximum absolute atomic E-state index is 5.87. The smallest absolute Gasteiger partial charge is 0.192 e. The monoisotopic (exact) mass is 222 g/mol. The van der Waals surface area contributed by atoms with Crippen molar-refractivity contribution in [2.24, 2.45) is 0 Å². The van der Waals surface area contributed by atoms with Crippen LogP contribution in [0.4, 0.5) is 0 Å². The lowest BCUT2D eigenvalue weighted by molar-refractivity contribution is 0.415. The lowest BCUT2D eigenvalue weighted by Crippen LogP contribution is -1.80. The van der Waals surface area contributed by atoms with Gasteiger partial charge in [-0.3, -0.25) is 5.10 Å². The Morgan fingerprint density at radius 1 is 1.47 bits per heavy atom. The van der Waals surface area contributed by atoms with Gasteiger partial charge in [-0.1, -0.05) is 11.6 Å². The summed E-state index contributed by atoms with van der Waals surface area (Å²) in [4.78, 5) is 0. The zero-order valence-corrected chi connectivity index (χ0v) is 8.63. The van der Waals surface area contributed by atoms with E-state index in [0.717, 1.165) is 22.2 Å². The number of hydrogen-bond donors (Lipinski definition) is 1. The topological polar surface area (TPSA) is 51.0 Å². The number of methoxy groups -OCH3 is 1. The van der Waals surface area contributed by atoms with Gasteiger partial charge in [0.25, 0.3) is 0 Å². The molecule has 5 heteroatoms. The Balaban J connectivity index is 2.46. The predicted octanol–water partition coefficient (Wildman–Crippen LogP) is 2.97. The number of nitrogens with zero attached hydrogens (tertiary/aromatic N) is 1. The second-order valence-corrected chi connectivity index (χ2v) is 3.56. The summed E-state index contributed by atoms with van der Waals surface area (Å²) >= 11 is 5.87. The SMILES string of the molecule is COc1ccc2oc3c(Cl)[nH]nc3c2c1. The maximum Gasteiger partial charge on any atom is 0.192 e. The highest BCUT2D eigenvalue weighted by Crippen LogP contribution is 2.33. The van der Waals surface area contributed by atoms with Crippen LogP contribution in [0.25, 0.3) is 22.1 Å². The molecule has 0 bridgehead atoms. The minimum absolute atomic E-state index is 0.417. The van der Waals surface area contributed by atoms with Gasteiger partial charge in [0.05, 0.1) is 12.5 Å². The number of aromatic amines is 1. The van der Waals surface area contributed by atoms with Gasteiger partial charge in [-0.05, 0) is 18.2 Å². The highest BCUT2D eigenvalue weighted by atomic mass is 35.5. The number of hydrogen-bond acceptors (Lipinski definition) is 3. The number of aromatic nitrogens is 2. The highest BCUT2D eigenvalue weighted by molar-refractivity contribution is 6.34. The molecule has 15 heavy (non-hydrogen) atoms. The fraction of sp³-hybridized carbons (Fsp3) is 0.100. The molecule has 0 saturated heterocycles. The molecule has 0 saturated carbocycles. The summed E-state index contributed by atoms with van der Waals surface area (Å²) in [5, 5.41) is 8.06. The van der Waals surface area contributed by atoms with Crippen molar-refractivity contribution in [3.63, 3.8) is 0 Å². The summed E-state index contributed by atoms with van der Waals surface area (Å²) in [5.74, 6) is 0.768. The van der Waals surface area contributed by atoms with E-state index in [1.165, 1.54) is 0 Å². The minimum atomic E-state index is 0.417. The van der Waals surface area contributed by atoms with Crippen molar-refractivity contribution in [2.45, 2.75) is 0 Å². The Hall–Kier alpha value is -1.68. The van der Waals surface area contributed by atoms with E-state index in [4.69, 9.17) is 20.8 Å². The normalized spacial score (nSPS) is 11.3. The van der Waals surface area contributed by atoms with Gasteiger partial charge in [0, 0.05) is 0 Å². The maximum atomic E-state index is 5.87. The molecule has 76 valence electrons. The van der Waals surface area contributed by atoms with Gasteiger partial charge in [-0.15, -0.1) is 0 Å². The minimum Gasteiger partial charge on any atom is -0.497 e. The van der Waals surface area contributed by atoms with E-state index >= 15 is 0 Å². The number of rotatable bonds is 1. The third kappa shape index (κ3) is 1.11. The molecule has 0 atom stereocenters. The van der Waals surface area contributed by atoms with Gasteiger partial charge >= 0.3 is 0 Å². The first kappa shape index (κ1) is 8.61. The van der Waals surface area contributed by atoms with Crippen LogP contribution in [0.3, 0.4) is 0 Å². The quantitative estimate of drug-likeness (QED) is 0.689. The van der Waals surface area contributed by atoms with Gasteiger partial charge < -0.3 is 9.15 Å². The molecular formula is C10H7ClN2O2. The van der Waals surface area contributed by atoms with E-state index in [-0.39, 0.29) is 0 Å². The van der Waals surface area contributed by atoms with Crippen molar-refractivity contribution in [1.82, 2.24) is 10.2 Å². The van der Waals surface area contributed by atoms with Crippen molar-refractivity contribution in [3.05, 3.63) is 23.4 Å². The third-order valence-corrected chi connectivity index (χ3v) is 2.59. The second-order valence-electron chi connectivity index (χ2n) is 3.18. The summed E-state index contributed by atoms with van der Waals surface area (Å²) in [6.07, 6.45) is 0. The van der Waals surface area contributed by atoms with Crippen LogP contribution in [-0.4, -0.2) is 17.3 Å². The van der Waals surface area contributed by atoms with Crippen molar-refractivity contribution in [1.29, 1.82) is 0 Å². The first-order chi connectivity index (χ1) is 7.29. The molecular weight excluding hydrogens is 216 g/mol. The van der Waals surface area contributed by atoms with E-state index in [2.05, 4.69) is 10.2 Å². The highest BCUT2D eigenvalue weighted by Gasteiger charge is 2.13. The average Bonchev–Trinajstić information content (AvgIpc) is 2.78. The molecule has 2 aromatic heterocycles. The Labute approximate surface area is 89.8 Å². The molecule has 2 heterocycles. The number of H-pyrrole nitrogens is 1. The molecule has 0 amide bonds. The Morgan fingerprint density at radius 2 is 2.33 bits per heavy atom. The second kappa shape index (κ2) is 2.90. The van der Waals surface area contributed by atoms with Crippen LogP contribution in [0.15, 0.2) is 22.6 Å². The molecule has 1 N–H and O–H groups in total. The van der Waals surface area contributed by atoms with Crippen LogP contribution in [0.1, 0.15) is 0 Å². The standard InChI is InChI=1S/C10H7ClN2O2/c1-14-5-2-3-7-6(4-5)8-9(15-7)10(11)13-12-8/h2-4H,1H3,(H,12,13). The molecule has 3 aromatic rings. The van der Waals surface area contributed by atoms with Crippen LogP contribution >= 0.6 is 11.6 Å². The summed E-state index contributed by atoms with van der Waals surface area (Å²) in [5.41, 5.74) is 2.07. The average molecular weight is 223 g/mol. The molecule has 0 aliphatic rings. The Kier molecular flexibility index (Phi) is 1.67. The molecule has 0 radical (unpaired) electrons. The zero-order chi connectivity index (χ0) is 10.4. The summed E-state index contributed by atoms with van der Waals surface area (Å²) in [6, 6.07) is 5.55. The van der Waals surface area contributed by atoms with Crippen molar-refractivity contribution < 1.29 is 9.15 Å². The fourth-order valence-corrected chi connectivity index (χ4v) is 1.78. The zero-order valence-electron chi connectivity index (χ0n) is 7.87.